The maximum absolute atomic E-state index is 4.89. The molecule has 4 nitrogen and oxygen atoms in total. The second-order valence-corrected chi connectivity index (χ2v) is 12.8. The first-order valence-electron chi connectivity index (χ1n) is 16.8. The molecule has 49 heavy (non-hydrogen) atoms. The van der Waals surface area contributed by atoms with Gasteiger partial charge in [-0.05, 0) is 97.9 Å². The van der Waals surface area contributed by atoms with Crippen molar-refractivity contribution in [2.75, 3.05) is 0 Å². The summed E-state index contributed by atoms with van der Waals surface area (Å²) in [5, 5.41) is 8.89. The monoisotopic (exact) mass is 626 g/mol. The van der Waals surface area contributed by atoms with E-state index in [-0.39, 0.29) is 0 Å². The summed E-state index contributed by atoms with van der Waals surface area (Å²) < 4.78 is 2.32. The molecular formula is C45H30N4. The Morgan fingerprint density at radius 1 is 0.510 bits per heavy atom. The van der Waals surface area contributed by atoms with Crippen LogP contribution in [0.3, 0.4) is 0 Å². The minimum absolute atomic E-state index is 0.859. The number of pyridine rings is 3. The lowest BCUT2D eigenvalue weighted by molar-refractivity contribution is 1.11. The van der Waals surface area contributed by atoms with Gasteiger partial charge in [0.05, 0.1) is 27.9 Å². The van der Waals surface area contributed by atoms with E-state index >= 15 is 0 Å². The number of aryl methyl sites for hydroxylation is 1. The zero-order chi connectivity index (χ0) is 32.5. The molecule has 4 heteroatoms. The van der Waals surface area contributed by atoms with Crippen molar-refractivity contribution in [3.8, 4) is 39.3 Å². The molecule has 0 N–H and O–H groups in total. The van der Waals surface area contributed by atoms with Crippen molar-refractivity contribution in [2.24, 2.45) is 0 Å². The number of rotatable bonds is 5. The molecule has 6 aromatic carbocycles. The summed E-state index contributed by atoms with van der Waals surface area (Å²) in [6.45, 7) is 2.21. The lowest BCUT2D eigenvalue weighted by Gasteiger charge is -2.14. The molecule has 230 valence electrons. The van der Waals surface area contributed by atoms with Crippen molar-refractivity contribution in [3.05, 3.63) is 158 Å². The Bertz CT molecular complexity index is 2780. The first kappa shape index (κ1) is 27.7. The Hall–Kier alpha value is -6.39. The van der Waals surface area contributed by atoms with Crippen molar-refractivity contribution in [2.45, 2.75) is 13.3 Å². The lowest BCUT2D eigenvalue weighted by Crippen LogP contribution is -1.97. The Kier molecular flexibility index (Phi) is 6.12. The minimum Gasteiger partial charge on any atom is -0.308 e. The van der Waals surface area contributed by atoms with Crippen LogP contribution in [0.5, 0.6) is 0 Å². The molecule has 10 aromatic rings. The molecule has 0 aliphatic heterocycles. The molecule has 10 rings (SSSR count). The molecule has 0 saturated carbocycles. The number of para-hydroxylation sites is 1. The van der Waals surface area contributed by atoms with Crippen molar-refractivity contribution in [1.29, 1.82) is 0 Å². The molecule has 4 heterocycles. The molecule has 0 atom stereocenters. The number of nitrogens with zero attached hydrogens (tertiary/aromatic N) is 4. The minimum atomic E-state index is 0.859. The van der Waals surface area contributed by atoms with Gasteiger partial charge in [-0.25, -0.2) is 0 Å². The van der Waals surface area contributed by atoms with Crippen LogP contribution in [0.2, 0.25) is 0 Å². The van der Waals surface area contributed by atoms with Crippen molar-refractivity contribution in [3.63, 3.8) is 0 Å². The second-order valence-electron chi connectivity index (χ2n) is 12.8. The van der Waals surface area contributed by atoms with E-state index in [0.29, 0.717) is 0 Å². The Morgan fingerprint density at radius 3 is 1.94 bits per heavy atom. The Labute approximate surface area is 283 Å². The Morgan fingerprint density at radius 2 is 1.18 bits per heavy atom. The highest BCUT2D eigenvalue weighted by atomic mass is 15.0. The van der Waals surface area contributed by atoms with Crippen LogP contribution in [0, 0.1) is 0 Å². The molecule has 0 aliphatic carbocycles. The van der Waals surface area contributed by atoms with Crippen LogP contribution in [-0.4, -0.2) is 19.5 Å². The summed E-state index contributed by atoms with van der Waals surface area (Å²) in [6, 6.07) is 47.8. The number of hydrogen-bond donors (Lipinski definition) is 0. The third-order valence-electron chi connectivity index (χ3n) is 10.1. The molecule has 0 radical (unpaired) electrons. The fourth-order valence-corrected chi connectivity index (χ4v) is 7.75. The maximum atomic E-state index is 4.89. The van der Waals surface area contributed by atoms with E-state index in [4.69, 9.17) is 15.0 Å². The smallest absolute Gasteiger partial charge is 0.0963 e. The first-order valence-corrected chi connectivity index (χ1v) is 16.8. The highest BCUT2D eigenvalue weighted by Crippen LogP contribution is 2.39. The summed E-state index contributed by atoms with van der Waals surface area (Å²) in [5.41, 5.74) is 12.0. The van der Waals surface area contributed by atoms with E-state index in [2.05, 4.69) is 139 Å². The van der Waals surface area contributed by atoms with Gasteiger partial charge in [0.25, 0.3) is 0 Å². The van der Waals surface area contributed by atoms with Crippen molar-refractivity contribution >= 4 is 54.3 Å². The summed E-state index contributed by atoms with van der Waals surface area (Å²) in [5.74, 6) is 0. The van der Waals surface area contributed by atoms with Crippen molar-refractivity contribution < 1.29 is 0 Å². The zero-order valence-electron chi connectivity index (χ0n) is 26.9. The maximum Gasteiger partial charge on any atom is 0.0963 e. The fourth-order valence-electron chi connectivity index (χ4n) is 7.75. The van der Waals surface area contributed by atoms with E-state index in [1.54, 1.807) is 0 Å². The van der Waals surface area contributed by atoms with Gasteiger partial charge in [0.15, 0.2) is 0 Å². The van der Waals surface area contributed by atoms with Crippen LogP contribution < -0.4 is 0 Å². The van der Waals surface area contributed by atoms with Gasteiger partial charge in [0, 0.05) is 40.8 Å². The van der Waals surface area contributed by atoms with E-state index in [1.807, 2.05) is 24.7 Å². The van der Waals surface area contributed by atoms with E-state index in [1.165, 1.54) is 49.0 Å². The number of hydrogen-bond acceptors (Lipinski definition) is 3. The summed E-state index contributed by atoms with van der Waals surface area (Å²) in [6.07, 6.45) is 6.74. The molecule has 0 spiro atoms. The van der Waals surface area contributed by atoms with Gasteiger partial charge >= 0.3 is 0 Å². The van der Waals surface area contributed by atoms with Crippen LogP contribution in [-0.2, 0) is 6.42 Å². The van der Waals surface area contributed by atoms with Gasteiger partial charge < -0.3 is 4.57 Å². The van der Waals surface area contributed by atoms with Gasteiger partial charge in [0.2, 0.25) is 0 Å². The third-order valence-corrected chi connectivity index (χ3v) is 10.1. The normalized spacial score (nSPS) is 11.9. The molecule has 0 amide bonds. The van der Waals surface area contributed by atoms with Crippen LogP contribution >= 0.6 is 0 Å². The predicted octanol–water partition coefficient (Wildman–Crippen LogP) is 11.4. The van der Waals surface area contributed by atoms with Crippen molar-refractivity contribution in [1.82, 2.24) is 19.5 Å². The quantitative estimate of drug-likeness (QED) is 0.179. The lowest BCUT2D eigenvalue weighted by atomic mass is 9.90. The second kappa shape index (κ2) is 10.8. The Balaban J connectivity index is 0.978. The van der Waals surface area contributed by atoms with E-state index in [9.17, 15) is 0 Å². The van der Waals surface area contributed by atoms with E-state index < -0.39 is 0 Å². The average Bonchev–Trinajstić information content (AvgIpc) is 3.51. The first-order chi connectivity index (χ1) is 24.2. The van der Waals surface area contributed by atoms with E-state index in [0.717, 1.165) is 56.6 Å². The molecular weight excluding hydrogens is 597 g/mol. The van der Waals surface area contributed by atoms with Gasteiger partial charge in [-0.3, -0.25) is 15.0 Å². The van der Waals surface area contributed by atoms with Crippen LogP contribution in [0.25, 0.3) is 93.6 Å². The molecule has 4 aromatic heterocycles. The number of fused-ring (bicyclic) bond motifs is 3. The molecule has 0 fully saturated rings. The number of aromatic nitrogens is 4. The predicted molar refractivity (Wildman–Crippen MR) is 204 cm³/mol. The highest BCUT2D eigenvalue weighted by molar-refractivity contribution is 6.25. The average molecular weight is 627 g/mol. The van der Waals surface area contributed by atoms with Gasteiger partial charge in [-0.1, -0.05) is 97.9 Å². The largest absolute Gasteiger partial charge is 0.308 e. The highest BCUT2D eigenvalue weighted by Gasteiger charge is 2.16. The fraction of sp³-hybridized carbons (Fsp3) is 0.0444. The topological polar surface area (TPSA) is 43.6 Å². The van der Waals surface area contributed by atoms with Gasteiger partial charge in [-0.15, -0.1) is 0 Å². The van der Waals surface area contributed by atoms with Gasteiger partial charge in [-0.2, -0.15) is 0 Å². The zero-order valence-corrected chi connectivity index (χ0v) is 26.9. The summed E-state index contributed by atoms with van der Waals surface area (Å²) in [4.78, 5) is 14.5. The summed E-state index contributed by atoms with van der Waals surface area (Å²) in [7, 11) is 0. The van der Waals surface area contributed by atoms with Crippen LogP contribution in [0.1, 0.15) is 12.5 Å². The van der Waals surface area contributed by atoms with Crippen LogP contribution in [0.4, 0.5) is 0 Å². The standard InChI is InChI=1S/C45H30N4/c1-2-28-25-34(49-41-10-4-3-9-38(41)45-42(49)11-6-24-46-45)18-21-35(28)32-16-22-39(47-26-32)40-23-17-33(27-48-40)36-19-14-31-13-12-29-7-5-8-30-15-20-37(36)44(31)43(29)30/h3-27H,2H2,1H3. The number of benzene rings is 6. The molecule has 0 aliphatic rings. The molecule has 0 saturated heterocycles. The molecule has 0 bridgehead atoms. The molecule has 0 unspecified atom stereocenters. The third kappa shape index (κ3) is 4.27. The van der Waals surface area contributed by atoms with Gasteiger partial charge in [0.1, 0.15) is 0 Å². The van der Waals surface area contributed by atoms with Crippen LogP contribution in [0.15, 0.2) is 152 Å². The summed E-state index contributed by atoms with van der Waals surface area (Å²) >= 11 is 0. The SMILES string of the molecule is CCc1cc(-n2c3ccccc3c3ncccc32)ccc1-c1ccc(-c2ccc(-c3ccc4ccc5cccc6ccc3c4c56)cn2)nc1.